The molecule has 20 heavy (non-hydrogen) atoms. The van der Waals surface area contributed by atoms with Gasteiger partial charge in [0.25, 0.3) is 0 Å². The number of hydrogen-bond acceptors (Lipinski definition) is 4. The standard InChI is InChI=1S/C16H15NO3/c1-17(2)15-9-13(18)16-12-8-11(19-3)6-4-10(12)5-7-14(16)20-15/h4-9H,1-3H3. The second-order valence-electron chi connectivity index (χ2n) is 4.87. The van der Waals surface area contributed by atoms with Crippen molar-refractivity contribution >= 4 is 27.6 Å². The van der Waals surface area contributed by atoms with Crippen molar-refractivity contribution in [3.63, 3.8) is 0 Å². The van der Waals surface area contributed by atoms with Gasteiger partial charge in [0.2, 0.25) is 0 Å². The van der Waals surface area contributed by atoms with Gasteiger partial charge in [-0.25, -0.2) is 0 Å². The molecule has 102 valence electrons. The summed E-state index contributed by atoms with van der Waals surface area (Å²) in [4.78, 5) is 14.2. The van der Waals surface area contributed by atoms with Crippen LogP contribution in [0.25, 0.3) is 21.7 Å². The van der Waals surface area contributed by atoms with Crippen LogP contribution in [0.1, 0.15) is 0 Å². The van der Waals surface area contributed by atoms with Crippen molar-refractivity contribution < 1.29 is 9.15 Å². The Bertz CT molecular complexity index is 849. The quantitative estimate of drug-likeness (QED) is 0.671. The summed E-state index contributed by atoms with van der Waals surface area (Å²) in [5, 5.41) is 2.43. The summed E-state index contributed by atoms with van der Waals surface area (Å²) in [5.74, 6) is 1.27. The highest BCUT2D eigenvalue weighted by Gasteiger charge is 2.10. The minimum atomic E-state index is -0.0474. The third kappa shape index (κ3) is 1.90. The van der Waals surface area contributed by atoms with Crippen molar-refractivity contribution in [3.8, 4) is 5.75 Å². The van der Waals surface area contributed by atoms with Gasteiger partial charge in [0.1, 0.15) is 11.3 Å². The largest absolute Gasteiger partial charge is 0.497 e. The fourth-order valence-electron chi connectivity index (χ4n) is 2.29. The molecule has 4 heteroatoms. The molecule has 0 fully saturated rings. The molecule has 3 aromatic rings. The maximum absolute atomic E-state index is 12.4. The van der Waals surface area contributed by atoms with Crippen molar-refractivity contribution in [2.45, 2.75) is 0 Å². The fraction of sp³-hybridized carbons (Fsp3) is 0.188. The number of nitrogens with zero attached hydrogens (tertiary/aromatic N) is 1. The van der Waals surface area contributed by atoms with Crippen LogP contribution in [0.5, 0.6) is 5.75 Å². The Morgan fingerprint density at radius 1 is 1.10 bits per heavy atom. The predicted molar refractivity (Wildman–Crippen MR) is 80.9 cm³/mol. The normalized spacial score (nSPS) is 10.9. The van der Waals surface area contributed by atoms with Gasteiger partial charge in [-0.1, -0.05) is 12.1 Å². The Hall–Kier alpha value is -2.49. The molecule has 0 N–H and O–H groups in total. The van der Waals surface area contributed by atoms with Crippen molar-refractivity contribution in [3.05, 3.63) is 46.6 Å². The summed E-state index contributed by atoms with van der Waals surface area (Å²) in [6, 6.07) is 11.0. The van der Waals surface area contributed by atoms with Gasteiger partial charge in [0, 0.05) is 25.5 Å². The number of fused-ring (bicyclic) bond motifs is 3. The molecule has 0 aliphatic carbocycles. The van der Waals surface area contributed by atoms with E-state index in [1.165, 1.54) is 6.07 Å². The Kier molecular flexibility index (Phi) is 2.86. The van der Waals surface area contributed by atoms with Crippen molar-refractivity contribution in [1.29, 1.82) is 0 Å². The SMILES string of the molecule is COc1ccc2ccc3oc(N(C)C)cc(=O)c3c2c1. The topological polar surface area (TPSA) is 42.7 Å². The Balaban J connectivity index is 2.44. The number of benzene rings is 2. The molecule has 0 radical (unpaired) electrons. The first-order valence-corrected chi connectivity index (χ1v) is 6.32. The monoisotopic (exact) mass is 269 g/mol. The van der Waals surface area contributed by atoms with Gasteiger partial charge in [-0.05, 0) is 23.6 Å². The van der Waals surface area contributed by atoms with E-state index in [2.05, 4.69) is 0 Å². The summed E-state index contributed by atoms with van der Waals surface area (Å²) < 4.78 is 11.0. The van der Waals surface area contributed by atoms with E-state index in [0.717, 1.165) is 16.5 Å². The third-order valence-electron chi connectivity index (χ3n) is 3.35. The molecule has 0 aliphatic heterocycles. The van der Waals surface area contributed by atoms with Crippen LogP contribution in [-0.2, 0) is 0 Å². The minimum absolute atomic E-state index is 0.0474. The molecule has 3 rings (SSSR count). The smallest absolute Gasteiger partial charge is 0.199 e. The van der Waals surface area contributed by atoms with Gasteiger partial charge in [-0.2, -0.15) is 0 Å². The van der Waals surface area contributed by atoms with E-state index in [-0.39, 0.29) is 5.43 Å². The number of anilines is 1. The molecular weight excluding hydrogens is 254 g/mol. The number of methoxy groups -OCH3 is 1. The van der Waals surface area contributed by atoms with Crippen LogP contribution in [0.4, 0.5) is 5.88 Å². The van der Waals surface area contributed by atoms with Gasteiger partial charge in [0.15, 0.2) is 11.3 Å². The molecule has 2 aromatic carbocycles. The van der Waals surface area contributed by atoms with Crippen LogP contribution in [0.15, 0.2) is 45.6 Å². The van der Waals surface area contributed by atoms with Crippen LogP contribution in [0.3, 0.4) is 0 Å². The summed E-state index contributed by atoms with van der Waals surface area (Å²) in [6.07, 6.45) is 0. The highest BCUT2D eigenvalue weighted by molar-refractivity contribution is 6.06. The first-order valence-electron chi connectivity index (χ1n) is 6.32. The zero-order valence-electron chi connectivity index (χ0n) is 11.6. The summed E-state index contributed by atoms with van der Waals surface area (Å²) in [5.41, 5.74) is 0.538. The molecule has 0 amide bonds. The average molecular weight is 269 g/mol. The number of hydrogen-bond donors (Lipinski definition) is 0. The van der Waals surface area contributed by atoms with E-state index in [1.807, 2.05) is 44.4 Å². The zero-order valence-corrected chi connectivity index (χ0v) is 11.6. The predicted octanol–water partition coefficient (Wildman–Crippen LogP) is 3.02. The highest BCUT2D eigenvalue weighted by atomic mass is 16.5. The summed E-state index contributed by atoms with van der Waals surface area (Å²) >= 11 is 0. The Morgan fingerprint density at radius 3 is 2.55 bits per heavy atom. The van der Waals surface area contributed by atoms with Crippen molar-refractivity contribution in [1.82, 2.24) is 0 Å². The van der Waals surface area contributed by atoms with E-state index < -0.39 is 0 Å². The van der Waals surface area contributed by atoms with Gasteiger partial charge in [-0.3, -0.25) is 4.79 Å². The van der Waals surface area contributed by atoms with Crippen LogP contribution >= 0.6 is 0 Å². The van der Waals surface area contributed by atoms with E-state index in [9.17, 15) is 4.79 Å². The van der Waals surface area contributed by atoms with Crippen molar-refractivity contribution in [2.24, 2.45) is 0 Å². The van der Waals surface area contributed by atoms with Gasteiger partial charge in [-0.15, -0.1) is 0 Å². The second-order valence-corrected chi connectivity index (χ2v) is 4.87. The lowest BCUT2D eigenvalue weighted by Crippen LogP contribution is -2.12. The summed E-state index contributed by atoms with van der Waals surface area (Å²) in [6.45, 7) is 0. The lowest BCUT2D eigenvalue weighted by Gasteiger charge is -2.12. The Morgan fingerprint density at radius 2 is 1.85 bits per heavy atom. The summed E-state index contributed by atoms with van der Waals surface area (Å²) in [7, 11) is 5.29. The Labute approximate surface area is 116 Å². The molecule has 0 unspecified atom stereocenters. The van der Waals surface area contributed by atoms with Crippen LogP contribution in [-0.4, -0.2) is 21.2 Å². The van der Waals surface area contributed by atoms with E-state index in [4.69, 9.17) is 9.15 Å². The van der Waals surface area contributed by atoms with Crippen LogP contribution < -0.4 is 15.1 Å². The first kappa shape index (κ1) is 12.5. The van der Waals surface area contributed by atoms with Crippen LogP contribution in [0, 0.1) is 0 Å². The maximum atomic E-state index is 12.4. The molecule has 0 bridgehead atoms. The maximum Gasteiger partial charge on any atom is 0.199 e. The lowest BCUT2D eigenvalue weighted by atomic mass is 10.1. The van der Waals surface area contributed by atoms with E-state index in [0.29, 0.717) is 16.9 Å². The molecular formula is C16H15NO3. The van der Waals surface area contributed by atoms with Gasteiger partial charge in [0.05, 0.1) is 12.5 Å². The molecule has 0 atom stereocenters. The molecule has 4 nitrogen and oxygen atoms in total. The number of rotatable bonds is 2. The lowest BCUT2D eigenvalue weighted by molar-refractivity contribution is 0.415. The van der Waals surface area contributed by atoms with Gasteiger partial charge >= 0.3 is 0 Å². The first-order chi connectivity index (χ1) is 9.60. The molecule has 0 aliphatic rings. The highest BCUT2D eigenvalue weighted by Crippen LogP contribution is 2.28. The molecule has 0 spiro atoms. The number of ether oxygens (including phenoxy) is 1. The van der Waals surface area contributed by atoms with E-state index >= 15 is 0 Å². The van der Waals surface area contributed by atoms with Crippen LogP contribution in [0.2, 0.25) is 0 Å². The van der Waals surface area contributed by atoms with E-state index in [1.54, 1.807) is 12.0 Å². The average Bonchev–Trinajstić information content (AvgIpc) is 2.45. The minimum Gasteiger partial charge on any atom is -0.497 e. The fourth-order valence-corrected chi connectivity index (χ4v) is 2.29. The second kappa shape index (κ2) is 4.56. The molecule has 1 heterocycles. The van der Waals surface area contributed by atoms with Crippen molar-refractivity contribution in [2.75, 3.05) is 26.1 Å². The third-order valence-corrected chi connectivity index (χ3v) is 3.35. The zero-order chi connectivity index (χ0) is 14.3. The molecule has 1 aromatic heterocycles. The molecule has 0 saturated heterocycles. The molecule has 0 saturated carbocycles. The van der Waals surface area contributed by atoms with Gasteiger partial charge < -0.3 is 14.1 Å².